The van der Waals surface area contributed by atoms with E-state index in [0.29, 0.717) is 0 Å². The van der Waals surface area contributed by atoms with E-state index in [4.69, 9.17) is 0 Å². The second kappa shape index (κ2) is 6.90. The molecule has 0 fully saturated rings. The molecule has 0 aliphatic rings. The highest BCUT2D eigenvalue weighted by molar-refractivity contribution is 8.00. The standard InChI is InChI=1S/C15H14N2O3S/c1-11(21-12-7-3-2-4-8-12)15(18)16-13-9-5-6-10-14(13)17(19)20/h2-11H,1H3,(H,16,18). The Labute approximate surface area is 126 Å². The Morgan fingerprint density at radius 2 is 1.76 bits per heavy atom. The van der Waals surface area contributed by atoms with Crippen molar-refractivity contribution in [3.05, 3.63) is 64.7 Å². The first-order valence-corrected chi connectivity index (χ1v) is 7.22. The van der Waals surface area contributed by atoms with Crippen LogP contribution in [0, 0.1) is 10.1 Å². The van der Waals surface area contributed by atoms with Gasteiger partial charge in [-0.15, -0.1) is 11.8 Å². The third-order valence-corrected chi connectivity index (χ3v) is 3.90. The number of hydrogen-bond donors (Lipinski definition) is 1. The van der Waals surface area contributed by atoms with E-state index >= 15 is 0 Å². The molecule has 1 atom stereocenters. The van der Waals surface area contributed by atoms with Gasteiger partial charge in [0.25, 0.3) is 5.69 Å². The molecule has 5 nitrogen and oxygen atoms in total. The van der Waals surface area contributed by atoms with Crippen LogP contribution >= 0.6 is 11.8 Å². The van der Waals surface area contributed by atoms with Gasteiger partial charge < -0.3 is 5.32 Å². The molecule has 0 saturated carbocycles. The average molecular weight is 302 g/mol. The van der Waals surface area contributed by atoms with Gasteiger partial charge in [0.15, 0.2) is 0 Å². The molecule has 0 aromatic heterocycles. The topological polar surface area (TPSA) is 72.2 Å². The zero-order valence-corrected chi connectivity index (χ0v) is 12.2. The smallest absolute Gasteiger partial charge is 0.292 e. The van der Waals surface area contributed by atoms with Crippen molar-refractivity contribution >= 4 is 29.0 Å². The largest absolute Gasteiger partial charge is 0.319 e. The van der Waals surface area contributed by atoms with E-state index in [0.717, 1.165) is 4.90 Å². The lowest BCUT2D eigenvalue weighted by atomic mass is 10.2. The molecule has 0 heterocycles. The fourth-order valence-electron chi connectivity index (χ4n) is 1.73. The van der Waals surface area contributed by atoms with Gasteiger partial charge in [-0.05, 0) is 25.1 Å². The molecular weight excluding hydrogens is 288 g/mol. The number of para-hydroxylation sites is 2. The van der Waals surface area contributed by atoms with Crippen molar-refractivity contribution in [2.45, 2.75) is 17.1 Å². The minimum Gasteiger partial charge on any atom is -0.319 e. The monoisotopic (exact) mass is 302 g/mol. The van der Waals surface area contributed by atoms with Crippen LogP contribution in [0.25, 0.3) is 0 Å². The van der Waals surface area contributed by atoms with E-state index in [1.807, 2.05) is 30.3 Å². The first-order chi connectivity index (χ1) is 10.1. The fraction of sp³-hybridized carbons (Fsp3) is 0.133. The summed E-state index contributed by atoms with van der Waals surface area (Å²) in [6, 6.07) is 15.6. The Bertz CT molecular complexity index is 646. The molecule has 0 saturated heterocycles. The van der Waals surface area contributed by atoms with Crippen molar-refractivity contribution in [2.75, 3.05) is 5.32 Å². The molecular formula is C15H14N2O3S. The maximum atomic E-state index is 12.1. The molecule has 2 rings (SSSR count). The Hall–Kier alpha value is -2.34. The minimum absolute atomic E-state index is 0.109. The second-order valence-corrected chi connectivity index (χ2v) is 5.75. The van der Waals surface area contributed by atoms with Crippen LogP contribution in [-0.4, -0.2) is 16.1 Å². The molecule has 1 amide bonds. The molecule has 108 valence electrons. The highest BCUT2D eigenvalue weighted by atomic mass is 32.2. The van der Waals surface area contributed by atoms with Gasteiger partial charge in [0, 0.05) is 11.0 Å². The van der Waals surface area contributed by atoms with Crippen molar-refractivity contribution in [1.29, 1.82) is 0 Å². The number of nitrogens with one attached hydrogen (secondary N) is 1. The molecule has 0 spiro atoms. The predicted molar refractivity (Wildman–Crippen MR) is 83.5 cm³/mol. The van der Waals surface area contributed by atoms with Crippen LogP contribution in [0.2, 0.25) is 0 Å². The molecule has 0 aliphatic carbocycles. The van der Waals surface area contributed by atoms with Crippen molar-refractivity contribution in [3.8, 4) is 0 Å². The van der Waals surface area contributed by atoms with Crippen LogP contribution in [0.1, 0.15) is 6.92 Å². The quantitative estimate of drug-likeness (QED) is 0.519. The zero-order valence-electron chi connectivity index (χ0n) is 11.4. The Morgan fingerprint density at radius 1 is 1.14 bits per heavy atom. The summed E-state index contributed by atoms with van der Waals surface area (Å²) in [5, 5.41) is 13.2. The van der Waals surface area contributed by atoms with Crippen molar-refractivity contribution < 1.29 is 9.72 Å². The lowest BCUT2D eigenvalue weighted by Gasteiger charge is -2.12. The molecule has 0 aliphatic heterocycles. The second-order valence-electron chi connectivity index (χ2n) is 4.34. The van der Waals surface area contributed by atoms with Gasteiger partial charge in [-0.2, -0.15) is 0 Å². The number of amides is 1. The lowest BCUT2D eigenvalue weighted by Crippen LogP contribution is -2.22. The molecule has 0 bridgehead atoms. The van der Waals surface area contributed by atoms with Crippen LogP contribution in [0.3, 0.4) is 0 Å². The predicted octanol–water partition coefficient (Wildman–Crippen LogP) is 3.71. The molecule has 2 aromatic rings. The van der Waals surface area contributed by atoms with Gasteiger partial charge in [-0.3, -0.25) is 14.9 Å². The molecule has 21 heavy (non-hydrogen) atoms. The van der Waals surface area contributed by atoms with Crippen LogP contribution < -0.4 is 5.32 Å². The minimum atomic E-state index is -0.509. The molecule has 0 radical (unpaired) electrons. The first-order valence-electron chi connectivity index (χ1n) is 6.34. The van der Waals surface area contributed by atoms with Gasteiger partial charge in [0.05, 0.1) is 10.2 Å². The van der Waals surface area contributed by atoms with Gasteiger partial charge >= 0.3 is 0 Å². The average Bonchev–Trinajstić information content (AvgIpc) is 2.48. The molecule has 1 N–H and O–H groups in total. The highest BCUT2D eigenvalue weighted by Crippen LogP contribution is 2.26. The van der Waals surface area contributed by atoms with Crippen LogP contribution in [0.15, 0.2) is 59.5 Å². The maximum Gasteiger partial charge on any atom is 0.292 e. The highest BCUT2D eigenvalue weighted by Gasteiger charge is 2.19. The number of rotatable bonds is 5. The number of nitrogens with zero attached hydrogens (tertiary/aromatic N) is 1. The van der Waals surface area contributed by atoms with Crippen LogP contribution in [0.5, 0.6) is 0 Å². The number of hydrogen-bond acceptors (Lipinski definition) is 4. The number of carbonyl (C=O) groups excluding carboxylic acids is 1. The van der Waals surface area contributed by atoms with Gasteiger partial charge in [-0.1, -0.05) is 30.3 Å². The number of thioether (sulfide) groups is 1. The summed E-state index contributed by atoms with van der Waals surface area (Å²) in [5.41, 5.74) is 0.107. The van der Waals surface area contributed by atoms with E-state index in [2.05, 4.69) is 5.32 Å². The zero-order chi connectivity index (χ0) is 15.2. The van der Waals surface area contributed by atoms with Gasteiger partial charge in [0.1, 0.15) is 5.69 Å². The Balaban J connectivity index is 2.06. The summed E-state index contributed by atoms with van der Waals surface area (Å²) in [6.45, 7) is 1.77. The normalized spacial score (nSPS) is 11.7. The van der Waals surface area contributed by atoms with E-state index < -0.39 is 4.92 Å². The SMILES string of the molecule is CC(Sc1ccccc1)C(=O)Nc1ccccc1[N+](=O)[O-]. The Morgan fingerprint density at radius 3 is 2.43 bits per heavy atom. The summed E-state index contributed by atoms with van der Waals surface area (Å²) >= 11 is 1.40. The number of carbonyl (C=O) groups is 1. The third kappa shape index (κ3) is 4.06. The fourth-order valence-corrected chi connectivity index (χ4v) is 2.62. The molecule has 6 heteroatoms. The summed E-state index contributed by atoms with van der Waals surface area (Å²) in [4.78, 5) is 23.5. The van der Waals surface area contributed by atoms with E-state index in [-0.39, 0.29) is 22.5 Å². The summed E-state index contributed by atoms with van der Waals surface area (Å²) < 4.78 is 0. The maximum absolute atomic E-state index is 12.1. The molecule has 2 aromatic carbocycles. The summed E-state index contributed by atoms with van der Waals surface area (Å²) in [5.74, 6) is -0.266. The van der Waals surface area contributed by atoms with Crippen molar-refractivity contribution in [1.82, 2.24) is 0 Å². The Kier molecular flexibility index (Phi) is 4.94. The molecule has 1 unspecified atom stereocenters. The summed E-state index contributed by atoms with van der Waals surface area (Å²) in [6.07, 6.45) is 0. The van der Waals surface area contributed by atoms with E-state index in [9.17, 15) is 14.9 Å². The van der Waals surface area contributed by atoms with Gasteiger partial charge in [-0.25, -0.2) is 0 Å². The van der Waals surface area contributed by atoms with Gasteiger partial charge in [0.2, 0.25) is 5.91 Å². The van der Waals surface area contributed by atoms with Crippen molar-refractivity contribution in [3.63, 3.8) is 0 Å². The van der Waals surface area contributed by atoms with E-state index in [1.54, 1.807) is 19.1 Å². The number of benzene rings is 2. The number of nitro benzene ring substituents is 1. The summed E-state index contributed by atoms with van der Waals surface area (Å²) in [7, 11) is 0. The third-order valence-electron chi connectivity index (χ3n) is 2.78. The van der Waals surface area contributed by atoms with E-state index in [1.165, 1.54) is 23.9 Å². The lowest BCUT2D eigenvalue weighted by molar-refractivity contribution is -0.383. The van der Waals surface area contributed by atoms with Crippen LogP contribution in [0.4, 0.5) is 11.4 Å². The number of nitro groups is 1. The first kappa shape index (κ1) is 15.1. The number of anilines is 1. The van der Waals surface area contributed by atoms with Crippen LogP contribution in [-0.2, 0) is 4.79 Å². The van der Waals surface area contributed by atoms with Crippen molar-refractivity contribution in [2.24, 2.45) is 0 Å².